The molecular formula is C18H22N4. The zero-order chi connectivity index (χ0) is 14.8. The van der Waals surface area contributed by atoms with E-state index in [0.29, 0.717) is 6.04 Å². The average molecular weight is 294 g/mol. The maximum absolute atomic E-state index is 4.86. The first-order valence-electron chi connectivity index (χ1n) is 8.32. The fourth-order valence-electron chi connectivity index (χ4n) is 3.44. The van der Waals surface area contributed by atoms with Crippen molar-refractivity contribution in [1.29, 1.82) is 0 Å². The maximum Gasteiger partial charge on any atom is 0.161 e. The van der Waals surface area contributed by atoms with Crippen molar-refractivity contribution in [3.8, 4) is 11.4 Å². The highest BCUT2D eigenvalue weighted by atomic mass is 15.1. The standard InChI is InChI=1S/C18H22N4/c1-2-6-13(7-3-1)17-21-16-10-4-9-15(16)18(22-17)20-14-8-5-11-19-12-14/h1-3,6-7,14,19H,4-5,8-12H2,(H,20,21,22). The SMILES string of the molecule is c1ccc(-c2nc3c(c(NC4CCCNC4)n2)CCC3)cc1. The van der Waals surface area contributed by atoms with Crippen LogP contribution in [0.15, 0.2) is 30.3 Å². The van der Waals surface area contributed by atoms with E-state index in [9.17, 15) is 0 Å². The molecule has 1 unspecified atom stereocenters. The Kier molecular flexibility index (Phi) is 3.77. The molecule has 4 heteroatoms. The summed E-state index contributed by atoms with van der Waals surface area (Å²) in [4.78, 5) is 9.67. The molecule has 1 saturated heterocycles. The second kappa shape index (κ2) is 6.05. The van der Waals surface area contributed by atoms with Crippen LogP contribution in [0.4, 0.5) is 5.82 Å². The molecule has 1 fully saturated rings. The molecule has 0 spiro atoms. The number of nitrogens with one attached hydrogen (secondary N) is 2. The van der Waals surface area contributed by atoms with Gasteiger partial charge in [0.2, 0.25) is 0 Å². The monoisotopic (exact) mass is 294 g/mol. The molecule has 1 atom stereocenters. The number of rotatable bonds is 3. The van der Waals surface area contributed by atoms with Gasteiger partial charge in [0.05, 0.1) is 0 Å². The Morgan fingerprint density at radius 2 is 1.95 bits per heavy atom. The molecular weight excluding hydrogens is 272 g/mol. The summed E-state index contributed by atoms with van der Waals surface area (Å²) in [5.41, 5.74) is 3.67. The van der Waals surface area contributed by atoms with Gasteiger partial charge in [0.25, 0.3) is 0 Å². The number of benzene rings is 1. The van der Waals surface area contributed by atoms with Crippen LogP contribution in [0.25, 0.3) is 11.4 Å². The third-order valence-electron chi connectivity index (χ3n) is 4.60. The van der Waals surface area contributed by atoms with Crippen LogP contribution in [0.5, 0.6) is 0 Å². The van der Waals surface area contributed by atoms with E-state index in [1.54, 1.807) is 0 Å². The summed E-state index contributed by atoms with van der Waals surface area (Å²) in [5, 5.41) is 7.14. The van der Waals surface area contributed by atoms with E-state index in [1.165, 1.54) is 30.5 Å². The van der Waals surface area contributed by atoms with Crippen LogP contribution in [-0.4, -0.2) is 29.1 Å². The molecule has 2 heterocycles. The number of hydrogen-bond acceptors (Lipinski definition) is 4. The van der Waals surface area contributed by atoms with Crippen molar-refractivity contribution in [1.82, 2.24) is 15.3 Å². The van der Waals surface area contributed by atoms with Crippen molar-refractivity contribution in [2.75, 3.05) is 18.4 Å². The Morgan fingerprint density at radius 3 is 2.77 bits per heavy atom. The predicted molar refractivity (Wildman–Crippen MR) is 89.0 cm³/mol. The van der Waals surface area contributed by atoms with Gasteiger partial charge in [0, 0.05) is 29.4 Å². The van der Waals surface area contributed by atoms with E-state index in [-0.39, 0.29) is 0 Å². The van der Waals surface area contributed by atoms with Gasteiger partial charge in [-0.2, -0.15) is 0 Å². The smallest absolute Gasteiger partial charge is 0.161 e. The second-order valence-corrected chi connectivity index (χ2v) is 6.23. The third kappa shape index (κ3) is 2.71. The van der Waals surface area contributed by atoms with E-state index in [4.69, 9.17) is 9.97 Å². The van der Waals surface area contributed by atoms with Crippen LogP contribution >= 0.6 is 0 Å². The summed E-state index contributed by atoms with van der Waals surface area (Å²) >= 11 is 0. The molecule has 4 rings (SSSR count). The van der Waals surface area contributed by atoms with Crippen LogP contribution in [0, 0.1) is 0 Å². The normalized spacial score (nSPS) is 20.6. The lowest BCUT2D eigenvalue weighted by Gasteiger charge is -2.25. The van der Waals surface area contributed by atoms with Crippen molar-refractivity contribution >= 4 is 5.82 Å². The highest BCUT2D eigenvalue weighted by molar-refractivity contribution is 5.60. The Bertz CT molecular complexity index is 648. The quantitative estimate of drug-likeness (QED) is 0.914. The third-order valence-corrected chi connectivity index (χ3v) is 4.60. The summed E-state index contributed by atoms with van der Waals surface area (Å²) in [7, 11) is 0. The van der Waals surface area contributed by atoms with Crippen molar-refractivity contribution < 1.29 is 0 Å². The molecule has 2 aliphatic rings. The number of fused-ring (bicyclic) bond motifs is 1. The fraction of sp³-hybridized carbons (Fsp3) is 0.444. The van der Waals surface area contributed by atoms with Gasteiger partial charge in [-0.15, -0.1) is 0 Å². The second-order valence-electron chi connectivity index (χ2n) is 6.23. The van der Waals surface area contributed by atoms with Gasteiger partial charge in [0.15, 0.2) is 5.82 Å². The first kappa shape index (κ1) is 13.7. The predicted octanol–water partition coefficient (Wildman–Crippen LogP) is 2.80. The lowest BCUT2D eigenvalue weighted by molar-refractivity contribution is 0.478. The number of anilines is 1. The molecule has 22 heavy (non-hydrogen) atoms. The molecule has 1 aromatic heterocycles. The van der Waals surface area contributed by atoms with E-state index >= 15 is 0 Å². The molecule has 0 saturated carbocycles. The Hall–Kier alpha value is -1.94. The maximum atomic E-state index is 4.86. The van der Waals surface area contributed by atoms with E-state index in [1.807, 2.05) is 18.2 Å². The van der Waals surface area contributed by atoms with Crippen LogP contribution in [0.2, 0.25) is 0 Å². The van der Waals surface area contributed by atoms with Crippen LogP contribution < -0.4 is 10.6 Å². The number of piperidine rings is 1. The topological polar surface area (TPSA) is 49.8 Å². The molecule has 114 valence electrons. The van der Waals surface area contributed by atoms with Gasteiger partial charge in [-0.25, -0.2) is 9.97 Å². The molecule has 2 aromatic rings. The minimum atomic E-state index is 0.483. The summed E-state index contributed by atoms with van der Waals surface area (Å²) in [6.45, 7) is 2.16. The van der Waals surface area contributed by atoms with Crippen LogP contribution in [0.1, 0.15) is 30.5 Å². The summed E-state index contributed by atoms with van der Waals surface area (Å²) < 4.78 is 0. The van der Waals surface area contributed by atoms with Crippen molar-refractivity contribution in [3.63, 3.8) is 0 Å². The van der Waals surface area contributed by atoms with Gasteiger partial charge in [-0.05, 0) is 38.6 Å². The van der Waals surface area contributed by atoms with Gasteiger partial charge >= 0.3 is 0 Å². The van der Waals surface area contributed by atoms with Gasteiger partial charge in [-0.3, -0.25) is 0 Å². The lowest BCUT2D eigenvalue weighted by atomic mass is 10.1. The van der Waals surface area contributed by atoms with Crippen molar-refractivity contribution in [2.24, 2.45) is 0 Å². The number of aromatic nitrogens is 2. The van der Waals surface area contributed by atoms with E-state index in [0.717, 1.165) is 43.1 Å². The lowest BCUT2D eigenvalue weighted by Crippen LogP contribution is -2.38. The van der Waals surface area contributed by atoms with Gasteiger partial charge in [0.1, 0.15) is 5.82 Å². The molecule has 1 aromatic carbocycles. The zero-order valence-electron chi connectivity index (χ0n) is 12.8. The summed E-state index contributed by atoms with van der Waals surface area (Å²) in [6.07, 6.45) is 5.82. The minimum absolute atomic E-state index is 0.483. The van der Waals surface area contributed by atoms with E-state index in [2.05, 4.69) is 22.8 Å². The highest BCUT2D eigenvalue weighted by Crippen LogP contribution is 2.29. The van der Waals surface area contributed by atoms with E-state index < -0.39 is 0 Å². The van der Waals surface area contributed by atoms with Gasteiger partial charge < -0.3 is 10.6 Å². The number of aryl methyl sites for hydroxylation is 1. The minimum Gasteiger partial charge on any atom is -0.366 e. The summed E-state index contributed by atoms with van der Waals surface area (Å²) in [6, 6.07) is 10.8. The first-order chi connectivity index (χ1) is 10.9. The first-order valence-corrected chi connectivity index (χ1v) is 8.32. The highest BCUT2D eigenvalue weighted by Gasteiger charge is 2.22. The van der Waals surface area contributed by atoms with Crippen LogP contribution in [-0.2, 0) is 12.8 Å². The molecule has 2 N–H and O–H groups in total. The van der Waals surface area contributed by atoms with Crippen molar-refractivity contribution in [3.05, 3.63) is 41.6 Å². The Labute approximate surface area is 131 Å². The Morgan fingerprint density at radius 1 is 1.05 bits per heavy atom. The molecule has 0 radical (unpaired) electrons. The average Bonchev–Trinajstić information content (AvgIpc) is 3.05. The largest absolute Gasteiger partial charge is 0.366 e. The molecule has 0 bridgehead atoms. The summed E-state index contributed by atoms with van der Waals surface area (Å²) in [5.74, 6) is 1.92. The van der Waals surface area contributed by atoms with Crippen LogP contribution in [0.3, 0.4) is 0 Å². The Balaban J connectivity index is 1.68. The molecule has 4 nitrogen and oxygen atoms in total. The van der Waals surface area contributed by atoms with Crippen molar-refractivity contribution in [2.45, 2.75) is 38.1 Å². The molecule has 1 aliphatic carbocycles. The van der Waals surface area contributed by atoms with Gasteiger partial charge in [-0.1, -0.05) is 30.3 Å². The number of hydrogen-bond donors (Lipinski definition) is 2. The fourth-order valence-corrected chi connectivity index (χ4v) is 3.44. The zero-order valence-corrected chi connectivity index (χ0v) is 12.8. The number of nitrogens with zero attached hydrogens (tertiary/aromatic N) is 2. The molecule has 1 aliphatic heterocycles. The molecule has 0 amide bonds.